The van der Waals surface area contributed by atoms with Gasteiger partial charge in [0.1, 0.15) is 18.6 Å². The maximum Gasteiger partial charge on any atom is 0.127 e. The lowest BCUT2D eigenvalue weighted by Crippen LogP contribution is -2.28. The third-order valence-corrected chi connectivity index (χ3v) is 6.19. The van der Waals surface area contributed by atoms with Gasteiger partial charge in [0.15, 0.2) is 0 Å². The summed E-state index contributed by atoms with van der Waals surface area (Å²) in [7, 11) is 0. The summed E-state index contributed by atoms with van der Waals surface area (Å²) < 4.78 is 11.9. The second-order valence-electron chi connectivity index (χ2n) is 7.86. The Morgan fingerprint density at radius 1 is 1.15 bits per heavy atom. The van der Waals surface area contributed by atoms with E-state index in [1.807, 2.05) is 42.5 Å². The predicted molar refractivity (Wildman–Crippen MR) is 133 cm³/mol. The summed E-state index contributed by atoms with van der Waals surface area (Å²) >= 11 is 12.4. The van der Waals surface area contributed by atoms with Gasteiger partial charge in [-0.25, -0.2) is 0 Å². The number of pyridine rings is 1. The number of benzene rings is 2. The van der Waals surface area contributed by atoms with Gasteiger partial charge in [-0.1, -0.05) is 41.4 Å². The number of rotatable bonds is 8. The number of anilines is 1. The first kappa shape index (κ1) is 23.5. The average molecular weight is 485 g/mol. The topological polar surface area (TPSA) is 93.3 Å². The highest BCUT2D eigenvalue weighted by Gasteiger charge is 2.18. The molecule has 0 aliphatic carbocycles. The van der Waals surface area contributed by atoms with E-state index in [0.29, 0.717) is 39.2 Å². The summed E-state index contributed by atoms with van der Waals surface area (Å²) in [6.45, 7) is 1.34. The Kier molecular flexibility index (Phi) is 7.83. The van der Waals surface area contributed by atoms with Crippen molar-refractivity contribution in [3.8, 4) is 5.75 Å². The number of aromatic nitrogens is 1. The molecule has 4 N–H and O–H groups in total. The van der Waals surface area contributed by atoms with Crippen LogP contribution in [0.25, 0.3) is 0 Å². The van der Waals surface area contributed by atoms with Gasteiger partial charge in [-0.05, 0) is 49.1 Å². The molecule has 1 aliphatic rings. The molecule has 0 spiro atoms. The molecular formula is C25H26Cl2N4O2. The minimum Gasteiger partial charge on any atom is -0.489 e. The molecule has 1 aromatic heterocycles. The van der Waals surface area contributed by atoms with Crippen LogP contribution in [-0.4, -0.2) is 23.5 Å². The Labute approximate surface area is 203 Å². The van der Waals surface area contributed by atoms with Crippen LogP contribution in [0.4, 0.5) is 5.69 Å². The number of hydrogen-bond acceptors (Lipinski definition) is 6. The largest absolute Gasteiger partial charge is 0.489 e. The van der Waals surface area contributed by atoms with Gasteiger partial charge in [-0.2, -0.15) is 0 Å². The zero-order valence-electron chi connectivity index (χ0n) is 18.1. The van der Waals surface area contributed by atoms with Crippen LogP contribution in [0.1, 0.15) is 41.5 Å². The third-order valence-electron chi connectivity index (χ3n) is 5.54. The SMILES string of the molecule is N=C(c1cccc(CN)c1)c1cc(OCc2c(Cl)cncc2Cl)ccc1NC1CCCCO1. The van der Waals surface area contributed by atoms with E-state index in [1.165, 1.54) is 12.4 Å². The molecule has 1 fully saturated rings. The van der Waals surface area contributed by atoms with Gasteiger partial charge in [-0.3, -0.25) is 10.4 Å². The Bertz CT molecular complexity index is 1110. The number of nitrogens with zero attached hydrogens (tertiary/aromatic N) is 1. The molecule has 6 nitrogen and oxygen atoms in total. The lowest BCUT2D eigenvalue weighted by Gasteiger charge is -2.26. The summed E-state index contributed by atoms with van der Waals surface area (Å²) in [5, 5.41) is 13.3. The van der Waals surface area contributed by atoms with E-state index in [4.69, 9.17) is 43.8 Å². The van der Waals surface area contributed by atoms with Crippen molar-refractivity contribution in [3.63, 3.8) is 0 Å². The van der Waals surface area contributed by atoms with E-state index in [0.717, 1.165) is 42.7 Å². The smallest absolute Gasteiger partial charge is 0.127 e. The van der Waals surface area contributed by atoms with Gasteiger partial charge in [0, 0.05) is 47.9 Å². The van der Waals surface area contributed by atoms with Gasteiger partial charge in [-0.15, -0.1) is 0 Å². The molecule has 3 aromatic rings. The Morgan fingerprint density at radius 2 is 1.97 bits per heavy atom. The van der Waals surface area contributed by atoms with Gasteiger partial charge >= 0.3 is 0 Å². The van der Waals surface area contributed by atoms with Crippen LogP contribution in [0, 0.1) is 5.41 Å². The highest BCUT2D eigenvalue weighted by molar-refractivity contribution is 6.35. The van der Waals surface area contributed by atoms with Gasteiger partial charge in [0.2, 0.25) is 0 Å². The second kappa shape index (κ2) is 11.0. The van der Waals surface area contributed by atoms with Crippen LogP contribution in [-0.2, 0) is 17.9 Å². The standard InChI is InChI=1S/C25H26Cl2N4O2/c26-21-13-30-14-22(27)20(21)15-33-18-7-8-23(31-24-6-1-2-9-32-24)19(11-18)25(29)17-5-3-4-16(10-17)12-28/h3-5,7-8,10-11,13-14,24,29,31H,1-2,6,9,12,15,28H2. The van der Waals surface area contributed by atoms with Crippen molar-refractivity contribution in [2.75, 3.05) is 11.9 Å². The van der Waals surface area contributed by atoms with Crippen molar-refractivity contribution < 1.29 is 9.47 Å². The Balaban J connectivity index is 1.63. The minimum atomic E-state index is -0.0816. The number of nitrogens with two attached hydrogens (primary N) is 1. The Hall–Kier alpha value is -2.64. The first-order chi connectivity index (χ1) is 16.0. The van der Waals surface area contributed by atoms with E-state index in [9.17, 15) is 0 Å². The second-order valence-corrected chi connectivity index (χ2v) is 8.67. The van der Waals surface area contributed by atoms with Gasteiger partial charge in [0.25, 0.3) is 0 Å². The van der Waals surface area contributed by atoms with Crippen LogP contribution < -0.4 is 15.8 Å². The molecular weight excluding hydrogens is 459 g/mol. The molecule has 172 valence electrons. The van der Waals surface area contributed by atoms with E-state index < -0.39 is 0 Å². The quantitative estimate of drug-likeness (QED) is 0.352. The highest BCUT2D eigenvalue weighted by Crippen LogP contribution is 2.29. The van der Waals surface area contributed by atoms with Crippen molar-refractivity contribution in [1.29, 1.82) is 5.41 Å². The van der Waals surface area contributed by atoms with Crippen molar-refractivity contribution in [2.24, 2.45) is 5.73 Å². The minimum absolute atomic E-state index is 0.0816. The molecule has 8 heteroatoms. The zero-order chi connectivity index (χ0) is 23.2. The van der Waals surface area contributed by atoms with Crippen molar-refractivity contribution in [2.45, 2.75) is 38.6 Å². The molecule has 1 unspecified atom stereocenters. The maximum atomic E-state index is 8.93. The molecule has 0 amide bonds. The molecule has 4 rings (SSSR count). The van der Waals surface area contributed by atoms with Crippen LogP contribution in [0.5, 0.6) is 5.75 Å². The zero-order valence-corrected chi connectivity index (χ0v) is 19.6. The van der Waals surface area contributed by atoms with Crippen LogP contribution in [0.3, 0.4) is 0 Å². The molecule has 0 radical (unpaired) electrons. The fourth-order valence-electron chi connectivity index (χ4n) is 3.71. The van der Waals surface area contributed by atoms with E-state index >= 15 is 0 Å². The first-order valence-electron chi connectivity index (χ1n) is 10.9. The molecule has 0 saturated carbocycles. The van der Waals surface area contributed by atoms with E-state index in [-0.39, 0.29) is 12.8 Å². The molecule has 0 bridgehead atoms. The van der Waals surface area contributed by atoms with Gasteiger partial charge in [0.05, 0.1) is 15.8 Å². The maximum absolute atomic E-state index is 8.93. The summed E-state index contributed by atoms with van der Waals surface area (Å²) in [5.41, 5.74) is 10.1. The lowest BCUT2D eigenvalue weighted by molar-refractivity contribution is 0.0343. The predicted octanol–water partition coefficient (Wildman–Crippen LogP) is 5.78. The monoisotopic (exact) mass is 484 g/mol. The molecule has 1 aliphatic heterocycles. The third kappa shape index (κ3) is 5.84. The molecule has 2 aromatic carbocycles. The average Bonchev–Trinajstić information content (AvgIpc) is 2.84. The summed E-state index contributed by atoms with van der Waals surface area (Å²) in [5.74, 6) is 0.601. The van der Waals surface area contributed by atoms with Crippen molar-refractivity contribution >= 4 is 34.6 Å². The van der Waals surface area contributed by atoms with Gasteiger partial charge < -0.3 is 20.5 Å². The fraction of sp³-hybridized carbons (Fsp3) is 0.280. The number of hydrogen-bond donors (Lipinski definition) is 3. The van der Waals surface area contributed by atoms with Crippen molar-refractivity contribution in [1.82, 2.24) is 4.98 Å². The number of halogens is 2. The van der Waals surface area contributed by atoms with Crippen LogP contribution in [0.15, 0.2) is 54.9 Å². The summed E-state index contributed by atoms with van der Waals surface area (Å²) in [6.07, 6.45) is 6.09. The van der Waals surface area contributed by atoms with E-state index in [1.54, 1.807) is 0 Å². The first-order valence-corrected chi connectivity index (χ1v) is 11.6. The number of ether oxygens (including phenoxy) is 2. The molecule has 1 saturated heterocycles. The van der Waals surface area contributed by atoms with Crippen LogP contribution in [0.2, 0.25) is 10.0 Å². The normalized spacial score (nSPS) is 15.8. The molecule has 33 heavy (non-hydrogen) atoms. The Morgan fingerprint density at radius 3 is 2.70 bits per heavy atom. The number of nitrogens with one attached hydrogen (secondary N) is 2. The van der Waals surface area contributed by atoms with Crippen molar-refractivity contribution in [3.05, 3.63) is 87.2 Å². The molecule has 2 heterocycles. The van der Waals surface area contributed by atoms with E-state index in [2.05, 4.69) is 10.3 Å². The summed E-state index contributed by atoms with van der Waals surface area (Å²) in [4.78, 5) is 3.97. The van der Waals surface area contributed by atoms with Crippen LogP contribution >= 0.6 is 23.2 Å². The molecule has 1 atom stereocenters. The lowest BCUT2D eigenvalue weighted by atomic mass is 9.98. The highest BCUT2D eigenvalue weighted by atomic mass is 35.5. The summed E-state index contributed by atoms with van der Waals surface area (Å²) in [6, 6.07) is 13.3. The fourth-order valence-corrected chi connectivity index (χ4v) is 4.19.